The summed E-state index contributed by atoms with van der Waals surface area (Å²) >= 11 is 0. The Balaban J connectivity index is 1.15. The number of esters is 1. The van der Waals surface area contributed by atoms with Crippen LogP contribution >= 0.6 is 0 Å². The molecule has 0 radical (unpaired) electrons. The van der Waals surface area contributed by atoms with E-state index in [2.05, 4.69) is 47.1 Å². The van der Waals surface area contributed by atoms with Crippen LogP contribution in [0, 0.1) is 6.92 Å². The van der Waals surface area contributed by atoms with Crippen molar-refractivity contribution in [1.82, 2.24) is 4.98 Å². The highest BCUT2D eigenvalue weighted by atomic mass is 16.5. The molecule has 0 saturated carbocycles. The number of aromatic nitrogens is 1. The standard InChI is InChI=1S/C37H34N8O3/c1-4-37(47)48-23-22-45(5-2)32-17-13-29(14-18-32)40-42-30-16-20-34(26(3)24-30)44-41-28-11-9-27(10-12-28)39-43-31-15-19-33(36(46)25-31)35-8-6-7-21-38-35/h4,6-21,24-25,46H,1,5,22-23H2,2-3H3/b42-40+,43-39+,44-41+. The van der Waals surface area contributed by atoms with Crippen LogP contribution in [0.1, 0.15) is 12.5 Å². The second kappa shape index (κ2) is 16.3. The van der Waals surface area contributed by atoms with E-state index in [4.69, 9.17) is 4.74 Å². The average molecular weight is 639 g/mol. The Hall–Kier alpha value is -6.36. The van der Waals surface area contributed by atoms with Gasteiger partial charge in [0.2, 0.25) is 0 Å². The smallest absolute Gasteiger partial charge is 0.330 e. The number of carbonyl (C=O) groups excluding carboxylic acids is 1. The van der Waals surface area contributed by atoms with E-state index < -0.39 is 5.97 Å². The fraction of sp³-hybridized carbons (Fsp3) is 0.135. The van der Waals surface area contributed by atoms with E-state index in [0.29, 0.717) is 46.2 Å². The molecule has 48 heavy (non-hydrogen) atoms. The Bertz CT molecular complexity index is 1940. The first-order valence-corrected chi connectivity index (χ1v) is 15.3. The fourth-order valence-corrected chi connectivity index (χ4v) is 4.58. The average Bonchev–Trinajstić information content (AvgIpc) is 3.12. The molecule has 0 fully saturated rings. The van der Waals surface area contributed by atoms with E-state index in [9.17, 15) is 9.90 Å². The van der Waals surface area contributed by atoms with Crippen molar-refractivity contribution in [3.05, 3.63) is 128 Å². The predicted molar refractivity (Wildman–Crippen MR) is 187 cm³/mol. The summed E-state index contributed by atoms with van der Waals surface area (Å²) in [6.45, 7) is 9.02. The van der Waals surface area contributed by atoms with Crippen LogP contribution in [0.25, 0.3) is 11.3 Å². The molecule has 0 spiro atoms. The van der Waals surface area contributed by atoms with Crippen LogP contribution in [0.3, 0.4) is 0 Å². The summed E-state index contributed by atoms with van der Waals surface area (Å²) in [4.78, 5) is 17.7. The number of rotatable bonds is 13. The topological polar surface area (TPSA) is 137 Å². The van der Waals surface area contributed by atoms with Gasteiger partial charge in [-0.1, -0.05) is 12.6 Å². The van der Waals surface area contributed by atoms with Crippen LogP contribution < -0.4 is 4.90 Å². The summed E-state index contributed by atoms with van der Waals surface area (Å²) in [6.07, 6.45) is 2.84. The molecule has 5 rings (SSSR count). The molecule has 0 amide bonds. The number of hydrogen-bond acceptors (Lipinski definition) is 11. The maximum absolute atomic E-state index is 11.3. The zero-order chi connectivity index (χ0) is 33.7. The van der Waals surface area contributed by atoms with Crippen LogP contribution in [-0.2, 0) is 9.53 Å². The first-order chi connectivity index (χ1) is 23.4. The molecule has 0 bridgehead atoms. The van der Waals surface area contributed by atoms with E-state index >= 15 is 0 Å². The van der Waals surface area contributed by atoms with Gasteiger partial charge in [-0.05, 0) is 110 Å². The number of likely N-dealkylation sites (N-methyl/N-ethyl adjacent to an activating group) is 1. The van der Waals surface area contributed by atoms with Crippen LogP contribution in [0.5, 0.6) is 5.75 Å². The van der Waals surface area contributed by atoms with Crippen molar-refractivity contribution in [2.75, 3.05) is 24.6 Å². The minimum absolute atomic E-state index is 0.0838. The number of phenolic OH excluding ortho intramolecular Hbond substituents is 1. The number of pyridine rings is 1. The van der Waals surface area contributed by atoms with Gasteiger partial charge >= 0.3 is 5.97 Å². The lowest BCUT2D eigenvalue weighted by Crippen LogP contribution is -2.27. The molecule has 240 valence electrons. The van der Waals surface area contributed by atoms with Crippen molar-refractivity contribution in [1.29, 1.82) is 0 Å². The SMILES string of the molecule is C=CC(=O)OCCN(CC)c1ccc(/N=N/c2ccc(/N=N/c3ccc(/N=N/c4ccc(-c5ccccn5)c(O)c4)cc3)c(C)c2)cc1. The number of azo groups is 3. The van der Waals surface area contributed by atoms with E-state index in [1.54, 1.807) is 48.7 Å². The highest BCUT2D eigenvalue weighted by molar-refractivity contribution is 5.81. The van der Waals surface area contributed by atoms with Gasteiger partial charge in [0, 0.05) is 36.1 Å². The van der Waals surface area contributed by atoms with Crippen LogP contribution in [0.2, 0.25) is 0 Å². The number of hydrogen-bond donors (Lipinski definition) is 1. The molecule has 11 heteroatoms. The number of aromatic hydroxyl groups is 1. The van der Waals surface area contributed by atoms with Crippen molar-refractivity contribution < 1.29 is 14.6 Å². The lowest BCUT2D eigenvalue weighted by atomic mass is 10.1. The maximum atomic E-state index is 11.3. The van der Waals surface area contributed by atoms with Crippen molar-refractivity contribution >= 4 is 45.8 Å². The summed E-state index contributed by atoms with van der Waals surface area (Å²) in [5.74, 6) is -0.344. The van der Waals surface area contributed by atoms with Crippen LogP contribution in [0.4, 0.5) is 39.8 Å². The summed E-state index contributed by atoms with van der Waals surface area (Å²) in [6, 6.07) is 31.1. The molecule has 0 unspecified atom stereocenters. The first-order valence-electron chi connectivity index (χ1n) is 15.3. The molecular formula is C37H34N8O3. The van der Waals surface area contributed by atoms with Crippen molar-refractivity contribution in [3.63, 3.8) is 0 Å². The van der Waals surface area contributed by atoms with E-state index in [1.165, 1.54) is 0 Å². The summed E-state index contributed by atoms with van der Waals surface area (Å²) in [5.41, 5.74) is 7.17. The normalized spacial score (nSPS) is 11.4. The number of ether oxygens (including phenoxy) is 1. The molecule has 0 aliphatic heterocycles. The molecule has 1 aromatic heterocycles. The quantitative estimate of drug-likeness (QED) is 0.0777. The lowest BCUT2D eigenvalue weighted by molar-refractivity contribution is -0.137. The molecule has 0 saturated heterocycles. The van der Waals surface area contributed by atoms with Gasteiger partial charge in [0.05, 0.1) is 46.4 Å². The summed E-state index contributed by atoms with van der Waals surface area (Å²) in [5, 5.41) is 36.4. The van der Waals surface area contributed by atoms with E-state index in [0.717, 1.165) is 29.6 Å². The van der Waals surface area contributed by atoms with Gasteiger partial charge in [0.1, 0.15) is 12.4 Å². The van der Waals surface area contributed by atoms with Crippen molar-refractivity contribution in [3.8, 4) is 17.0 Å². The minimum Gasteiger partial charge on any atom is -0.507 e. The Morgan fingerprint density at radius 3 is 1.96 bits per heavy atom. The monoisotopic (exact) mass is 638 g/mol. The third-order valence-electron chi connectivity index (χ3n) is 7.16. The first kappa shape index (κ1) is 33.0. The summed E-state index contributed by atoms with van der Waals surface area (Å²) in [7, 11) is 0. The van der Waals surface area contributed by atoms with Crippen molar-refractivity contribution in [2.45, 2.75) is 13.8 Å². The lowest BCUT2D eigenvalue weighted by Gasteiger charge is -2.22. The Labute approximate surface area is 278 Å². The second-order valence-corrected chi connectivity index (χ2v) is 10.5. The molecule has 5 aromatic rings. The highest BCUT2D eigenvalue weighted by Gasteiger charge is 2.07. The zero-order valence-electron chi connectivity index (χ0n) is 26.6. The molecule has 1 heterocycles. The van der Waals surface area contributed by atoms with E-state index in [1.807, 2.05) is 74.5 Å². The largest absolute Gasteiger partial charge is 0.507 e. The Morgan fingerprint density at radius 1 is 0.792 bits per heavy atom. The second-order valence-electron chi connectivity index (χ2n) is 10.5. The minimum atomic E-state index is -0.428. The van der Waals surface area contributed by atoms with Gasteiger partial charge in [-0.2, -0.15) is 30.7 Å². The number of carbonyl (C=O) groups is 1. The maximum Gasteiger partial charge on any atom is 0.330 e. The molecular weight excluding hydrogens is 604 g/mol. The molecule has 0 aliphatic rings. The molecule has 1 N–H and O–H groups in total. The summed E-state index contributed by atoms with van der Waals surface area (Å²) < 4.78 is 5.09. The Morgan fingerprint density at radius 2 is 1.38 bits per heavy atom. The number of phenols is 1. The fourth-order valence-electron chi connectivity index (χ4n) is 4.58. The van der Waals surface area contributed by atoms with Crippen molar-refractivity contribution in [2.24, 2.45) is 30.7 Å². The molecule has 0 aliphatic carbocycles. The third kappa shape index (κ3) is 9.10. The number of aryl methyl sites for hydroxylation is 1. The highest BCUT2D eigenvalue weighted by Crippen LogP contribution is 2.33. The van der Waals surface area contributed by atoms with Gasteiger partial charge in [-0.15, -0.1) is 0 Å². The van der Waals surface area contributed by atoms with Crippen LogP contribution in [0.15, 0.2) is 153 Å². The number of anilines is 1. The van der Waals surface area contributed by atoms with Crippen LogP contribution in [-0.4, -0.2) is 35.8 Å². The number of benzene rings is 4. The number of nitrogens with zero attached hydrogens (tertiary/aromatic N) is 8. The van der Waals surface area contributed by atoms with Gasteiger partial charge < -0.3 is 14.7 Å². The Kier molecular flexibility index (Phi) is 11.2. The van der Waals surface area contributed by atoms with Gasteiger partial charge in [-0.3, -0.25) is 4.98 Å². The predicted octanol–water partition coefficient (Wildman–Crippen LogP) is 10.6. The molecule has 4 aromatic carbocycles. The van der Waals surface area contributed by atoms with Gasteiger partial charge in [0.15, 0.2) is 0 Å². The van der Waals surface area contributed by atoms with E-state index in [-0.39, 0.29) is 12.4 Å². The zero-order valence-corrected chi connectivity index (χ0v) is 26.6. The van der Waals surface area contributed by atoms with Gasteiger partial charge in [0.25, 0.3) is 0 Å². The molecule has 11 nitrogen and oxygen atoms in total. The molecule has 0 atom stereocenters. The third-order valence-corrected chi connectivity index (χ3v) is 7.16. The van der Waals surface area contributed by atoms with Gasteiger partial charge in [-0.25, -0.2) is 4.79 Å².